The molecule has 426 valence electrons. The van der Waals surface area contributed by atoms with E-state index in [1.807, 2.05) is 39.1 Å². The number of rotatable bonds is 17. The van der Waals surface area contributed by atoms with Crippen LogP contribution in [0, 0.1) is 29.6 Å². The van der Waals surface area contributed by atoms with Crippen molar-refractivity contribution < 1.29 is 58.4 Å². The van der Waals surface area contributed by atoms with E-state index in [1.54, 1.807) is 58.8 Å². The number of nitrogens with two attached hydrogens (primary N) is 1. The number of carbonyl (C=O) groups excluding carboxylic acids is 2. The van der Waals surface area contributed by atoms with Crippen LogP contribution in [-0.4, -0.2) is 168 Å². The average molecular weight is 1070 g/mol. The van der Waals surface area contributed by atoms with Gasteiger partial charge in [-0.25, -0.2) is 14.6 Å². The molecule has 5 heterocycles. The van der Waals surface area contributed by atoms with Crippen molar-refractivity contribution >= 4 is 17.7 Å². The molecule has 0 radical (unpaired) electrons. The number of likely N-dealkylation sites (N-methyl/N-ethyl adjacent to an activating group) is 1. The Balaban J connectivity index is 1.24. The van der Waals surface area contributed by atoms with Gasteiger partial charge in [0.1, 0.15) is 23.6 Å². The Morgan fingerprint density at radius 3 is 2.16 bits per heavy atom. The number of esters is 1. The first kappa shape index (κ1) is 61.2. The topological polar surface area (TPSA) is 256 Å². The van der Waals surface area contributed by atoms with Crippen molar-refractivity contribution in [2.24, 2.45) is 29.6 Å². The molecule has 3 aromatic rings. The fourth-order valence-corrected chi connectivity index (χ4v) is 12.7. The summed E-state index contributed by atoms with van der Waals surface area (Å²) in [4.78, 5) is 39.5. The Bertz CT molecular complexity index is 2320. The van der Waals surface area contributed by atoms with Gasteiger partial charge in [-0.05, 0) is 110 Å². The summed E-state index contributed by atoms with van der Waals surface area (Å²) in [7, 11) is 5.30. The Labute approximate surface area is 450 Å². The van der Waals surface area contributed by atoms with Crippen LogP contribution in [0.1, 0.15) is 144 Å². The number of benzene rings is 1. The van der Waals surface area contributed by atoms with Gasteiger partial charge in [0.05, 0.1) is 66.0 Å². The van der Waals surface area contributed by atoms with Gasteiger partial charge in [-0.15, -0.1) is 5.10 Å². The van der Waals surface area contributed by atoms with Crippen molar-refractivity contribution in [3.05, 3.63) is 54.1 Å². The van der Waals surface area contributed by atoms with E-state index in [1.165, 1.54) is 14.0 Å². The average Bonchev–Trinajstić information content (AvgIpc) is 3.88. The summed E-state index contributed by atoms with van der Waals surface area (Å²) in [6.07, 6.45) is 2.90. The number of nitrogen functional groups attached to an aromatic ring is 1. The minimum Gasteiger partial charge on any atom is -0.459 e. The summed E-state index contributed by atoms with van der Waals surface area (Å²) < 4.78 is 40.5. The third kappa shape index (κ3) is 13.7. The van der Waals surface area contributed by atoms with E-state index >= 15 is 0 Å². The zero-order chi connectivity index (χ0) is 56.0. The number of anilines is 1. The fourth-order valence-electron chi connectivity index (χ4n) is 12.7. The maximum atomic E-state index is 14.6. The lowest BCUT2D eigenvalue weighted by molar-refractivity contribution is -0.299. The van der Waals surface area contributed by atoms with E-state index in [4.69, 9.17) is 34.2 Å². The van der Waals surface area contributed by atoms with Crippen LogP contribution in [0.5, 0.6) is 0 Å². The summed E-state index contributed by atoms with van der Waals surface area (Å²) in [5.74, 6) is -4.06. The number of aromatic nitrogens is 5. The van der Waals surface area contributed by atoms with Crippen molar-refractivity contribution in [3.63, 3.8) is 0 Å². The minimum atomic E-state index is -1.96. The molecule has 3 aliphatic heterocycles. The summed E-state index contributed by atoms with van der Waals surface area (Å²) in [5.41, 5.74) is 5.44. The SMILES string of the molecule is CC[C@H](c1ccc(-c2cnc(N)nc2)cc1)[C@@H](CO)n1cc(CCN(C)C2CC(C[C@@H]3[C@@H](C)[C@H](O[C@H]4C[C@@](C)(OC)[C@@H](O)C(C)O4)C(C)C(=O)O[C@H](CC)[C@@](C)(O)C(O)C(C)C(=O)[C@H](C)C[C@@]3(C)OC)O[C@H](C)C2)nn1. The molecule has 6 unspecified atom stereocenters. The molecule has 1 aromatic carbocycles. The van der Waals surface area contributed by atoms with Gasteiger partial charge < -0.3 is 59.5 Å². The predicted molar refractivity (Wildman–Crippen MR) is 287 cm³/mol. The normalized spacial score (nSPS) is 37.1. The number of ketones is 1. The predicted octanol–water partition coefficient (Wildman–Crippen LogP) is 6.10. The zero-order valence-electron chi connectivity index (χ0n) is 47.7. The molecule has 2 aromatic heterocycles. The monoisotopic (exact) mass is 1070 g/mol. The van der Waals surface area contributed by atoms with Crippen LogP contribution in [0.25, 0.3) is 11.1 Å². The molecule has 19 atom stereocenters. The number of hydrogen-bond donors (Lipinski definition) is 5. The van der Waals surface area contributed by atoms with Crippen LogP contribution < -0.4 is 5.73 Å². The van der Waals surface area contributed by atoms with Gasteiger partial charge >= 0.3 is 5.97 Å². The van der Waals surface area contributed by atoms with Crippen molar-refractivity contribution in [3.8, 4) is 11.1 Å². The van der Waals surface area contributed by atoms with E-state index in [0.29, 0.717) is 25.8 Å². The van der Waals surface area contributed by atoms with E-state index in [9.17, 15) is 30.0 Å². The molecule has 3 saturated heterocycles. The second kappa shape index (κ2) is 25.8. The third-order valence-corrected chi connectivity index (χ3v) is 17.8. The van der Waals surface area contributed by atoms with Gasteiger partial charge in [-0.3, -0.25) is 9.59 Å². The fraction of sp³-hybridized carbons (Fsp3) is 0.754. The number of aliphatic hydroxyl groups excluding tert-OH is 3. The van der Waals surface area contributed by atoms with Gasteiger partial charge in [0.15, 0.2) is 6.29 Å². The second-order valence-electron chi connectivity index (χ2n) is 23.2. The van der Waals surface area contributed by atoms with Crippen molar-refractivity contribution in [2.75, 3.05) is 40.2 Å². The number of hydrogen-bond acceptors (Lipinski definition) is 18. The number of Topliss-reactive ketones (excluding diaryl/α,β-unsaturated/α-hetero) is 1. The van der Waals surface area contributed by atoms with Gasteiger partial charge in [-0.1, -0.05) is 64.1 Å². The molecular weight excluding hydrogens is 975 g/mol. The Morgan fingerprint density at radius 2 is 1.55 bits per heavy atom. The maximum Gasteiger partial charge on any atom is 0.311 e. The summed E-state index contributed by atoms with van der Waals surface area (Å²) in [6.45, 7) is 20.7. The van der Waals surface area contributed by atoms with Gasteiger partial charge in [0.25, 0.3) is 0 Å². The standard InChI is InChI=1S/C57H91N7O12/c1-15-44(39-19-17-38(18-20-39)40-28-59-54(58)60-29-40)46(31-65)64-30-41(61-62-64)21-22-63(12)42-23-33(4)73-43(24-42)25-45-34(5)50(76-48-27-56(10,72-14)52(68)37(8)74-48)36(7)53(69)75-47(16-2)57(11,70)51(67)35(6)49(66)32(3)26-55(45,9)71-13/h17-20,28-30,32-37,42-48,50-52,65,67-68,70H,15-16,21-27,31H2,1-14H3,(H2,58,59,60)/t32-,33-,34-,35?,36?,37?,42?,43?,44-,45-,46-,47-,48+,50+,51?,52+,55-,56-,57-/m1/s1. The lowest BCUT2D eigenvalue weighted by Crippen LogP contribution is -2.59. The van der Waals surface area contributed by atoms with E-state index in [2.05, 4.69) is 58.2 Å². The van der Waals surface area contributed by atoms with Gasteiger partial charge in [-0.2, -0.15) is 0 Å². The van der Waals surface area contributed by atoms with Crippen LogP contribution in [0.3, 0.4) is 0 Å². The van der Waals surface area contributed by atoms with Crippen LogP contribution in [-0.2, 0) is 44.4 Å². The van der Waals surface area contributed by atoms with Crippen molar-refractivity contribution in [1.82, 2.24) is 29.9 Å². The van der Waals surface area contributed by atoms with Gasteiger partial charge in [0.2, 0.25) is 5.95 Å². The molecule has 6 rings (SSSR count). The number of ether oxygens (including phenoxy) is 6. The van der Waals surface area contributed by atoms with Crippen LogP contribution >= 0.6 is 0 Å². The lowest BCUT2D eigenvalue weighted by atomic mass is 9.67. The molecule has 19 heteroatoms. The molecule has 0 saturated carbocycles. The molecule has 3 aliphatic rings. The highest BCUT2D eigenvalue weighted by Crippen LogP contribution is 2.45. The molecule has 0 bridgehead atoms. The largest absolute Gasteiger partial charge is 0.459 e. The molecule has 76 heavy (non-hydrogen) atoms. The number of aliphatic hydroxyl groups is 4. The molecule has 19 nitrogen and oxygen atoms in total. The van der Waals surface area contributed by atoms with E-state index in [0.717, 1.165) is 35.2 Å². The van der Waals surface area contributed by atoms with Crippen LogP contribution in [0.2, 0.25) is 0 Å². The highest BCUT2D eigenvalue weighted by molar-refractivity contribution is 5.83. The highest BCUT2D eigenvalue weighted by atomic mass is 16.7. The summed E-state index contributed by atoms with van der Waals surface area (Å²) in [5, 5.41) is 54.5. The van der Waals surface area contributed by atoms with Crippen LogP contribution in [0.15, 0.2) is 42.9 Å². The number of methoxy groups -OCH3 is 2. The second-order valence-corrected chi connectivity index (χ2v) is 23.2. The van der Waals surface area contributed by atoms with E-state index in [-0.39, 0.29) is 73.7 Å². The first-order valence-electron chi connectivity index (χ1n) is 27.6. The molecule has 3 fully saturated rings. The highest BCUT2D eigenvalue weighted by Gasteiger charge is 2.53. The Kier molecular flexibility index (Phi) is 20.8. The van der Waals surface area contributed by atoms with Gasteiger partial charge in [0, 0.05) is 81.6 Å². The number of carbonyl (C=O) groups is 2. The smallest absolute Gasteiger partial charge is 0.311 e. The summed E-state index contributed by atoms with van der Waals surface area (Å²) >= 11 is 0. The third-order valence-electron chi connectivity index (χ3n) is 17.8. The quantitative estimate of drug-likeness (QED) is 0.0957. The van der Waals surface area contributed by atoms with Crippen molar-refractivity contribution in [1.29, 1.82) is 0 Å². The van der Waals surface area contributed by atoms with E-state index < -0.39 is 83.3 Å². The first-order chi connectivity index (χ1) is 35.8. The van der Waals surface area contributed by atoms with Crippen LogP contribution in [0.4, 0.5) is 5.95 Å². The Hall–Kier alpha value is -4.02. The Morgan fingerprint density at radius 1 is 0.895 bits per heavy atom. The maximum absolute atomic E-state index is 14.6. The zero-order valence-corrected chi connectivity index (χ0v) is 47.7. The minimum absolute atomic E-state index is 0.0215. The molecule has 0 aliphatic carbocycles. The van der Waals surface area contributed by atoms with Crippen molar-refractivity contribution in [2.45, 2.75) is 211 Å². The number of cyclic esters (lactones) is 1. The summed E-state index contributed by atoms with van der Waals surface area (Å²) in [6, 6.07) is 7.99. The molecular formula is C57H91N7O12. The first-order valence-corrected chi connectivity index (χ1v) is 27.6. The molecule has 0 amide bonds. The lowest BCUT2D eigenvalue weighted by Gasteiger charge is -2.49. The molecule has 6 N–H and O–H groups in total. The molecule has 0 spiro atoms. The number of nitrogens with zero attached hydrogens (tertiary/aromatic N) is 6.